The van der Waals surface area contributed by atoms with E-state index >= 15 is 0 Å². The highest BCUT2D eigenvalue weighted by Gasteiger charge is 2.16. The summed E-state index contributed by atoms with van der Waals surface area (Å²) in [6, 6.07) is 6.19. The molecule has 1 aromatic heterocycles. The Balaban J connectivity index is 2.17. The second kappa shape index (κ2) is 4.77. The van der Waals surface area contributed by atoms with Crippen molar-refractivity contribution < 1.29 is 5.11 Å². The maximum atomic E-state index is 10.3. The average Bonchev–Trinajstić information content (AvgIpc) is 2.94. The smallest absolute Gasteiger partial charge is 0.218 e. The van der Waals surface area contributed by atoms with Crippen LogP contribution in [0, 0.1) is 6.92 Å². The Labute approximate surface area is 123 Å². The van der Waals surface area contributed by atoms with Gasteiger partial charge in [-0.25, -0.2) is 0 Å². The van der Waals surface area contributed by atoms with E-state index in [0.717, 1.165) is 16.8 Å². The van der Waals surface area contributed by atoms with E-state index in [0.29, 0.717) is 11.3 Å². The van der Waals surface area contributed by atoms with Gasteiger partial charge in [-0.3, -0.25) is 14.6 Å². The van der Waals surface area contributed by atoms with Crippen molar-refractivity contribution >= 4 is 23.6 Å². The van der Waals surface area contributed by atoms with Crippen molar-refractivity contribution in [3.63, 3.8) is 0 Å². The third kappa shape index (κ3) is 2.01. The van der Waals surface area contributed by atoms with Crippen molar-refractivity contribution in [2.24, 2.45) is 24.1 Å². The second-order valence-electron chi connectivity index (χ2n) is 5.23. The van der Waals surface area contributed by atoms with Gasteiger partial charge in [0.1, 0.15) is 5.69 Å². The lowest BCUT2D eigenvalue weighted by molar-refractivity contribution is 0.427. The highest BCUT2D eigenvalue weighted by atomic mass is 16.3. The van der Waals surface area contributed by atoms with Crippen molar-refractivity contribution in [1.29, 1.82) is 0 Å². The maximum absolute atomic E-state index is 10.3. The topological polar surface area (TPSA) is 54.8 Å². The number of allylic oxidation sites excluding steroid dienone is 1. The molecule has 5 heteroatoms. The van der Waals surface area contributed by atoms with Gasteiger partial charge in [0, 0.05) is 38.5 Å². The standard InChI is InChI=1S/C16H18N4O/c1-10-5-6-12-11(9-18-13(12)7-10)8-14-15(21)20(4)16(17-2)19(14)3/h5-9,21H,1-4H3/b11-8+,17-16?. The first-order valence-corrected chi connectivity index (χ1v) is 6.77. The Morgan fingerprint density at radius 2 is 2.00 bits per heavy atom. The fraction of sp³-hybridized carbons (Fsp3) is 0.250. The van der Waals surface area contributed by atoms with Crippen LogP contribution in [0.2, 0.25) is 0 Å². The number of hydrogen-bond donors (Lipinski definition) is 1. The molecule has 0 fully saturated rings. The summed E-state index contributed by atoms with van der Waals surface area (Å²) in [4.78, 5) is 8.62. The summed E-state index contributed by atoms with van der Waals surface area (Å²) in [6.45, 7) is 2.05. The first kappa shape index (κ1) is 13.4. The predicted octanol–water partition coefficient (Wildman–Crippen LogP) is 2.16. The molecular formula is C16H18N4O. The molecule has 0 bridgehead atoms. The molecule has 21 heavy (non-hydrogen) atoms. The molecule has 0 unspecified atom stereocenters. The van der Waals surface area contributed by atoms with Crippen LogP contribution in [0.15, 0.2) is 28.2 Å². The molecule has 1 aliphatic rings. The number of hydrogen-bond acceptors (Lipinski definition) is 3. The molecule has 0 atom stereocenters. The number of aromatic nitrogens is 2. The zero-order valence-corrected chi connectivity index (χ0v) is 12.6. The van der Waals surface area contributed by atoms with Crippen molar-refractivity contribution in [1.82, 2.24) is 9.13 Å². The first-order valence-electron chi connectivity index (χ1n) is 6.77. The van der Waals surface area contributed by atoms with Crippen molar-refractivity contribution in [3.8, 4) is 5.88 Å². The fourth-order valence-corrected chi connectivity index (χ4v) is 2.67. The van der Waals surface area contributed by atoms with E-state index in [1.54, 1.807) is 18.7 Å². The Bertz CT molecular complexity index is 850. The van der Waals surface area contributed by atoms with Crippen molar-refractivity contribution in [2.75, 3.05) is 7.05 Å². The summed E-state index contributed by atoms with van der Waals surface area (Å²) in [6.07, 6.45) is 3.77. The van der Waals surface area contributed by atoms with E-state index in [2.05, 4.69) is 35.1 Å². The molecular weight excluding hydrogens is 264 g/mol. The van der Waals surface area contributed by atoms with Gasteiger partial charge in [-0.15, -0.1) is 0 Å². The normalized spacial score (nSPS) is 16.0. The molecule has 0 saturated carbocycles. The summed E-state index contributed by atoms with van der Waals surface area (Å²) < 4.78 is 3.52. The summed E-state index contributed by atoms with van der Waals surface area (Å²) in [7, 11) is 5.39. The minimum atomic E-state index is 0.194. The number of aromatic hydroxyl groups is 1. The zero-order chi connectivity index (χ0) is 15.1. The lowest BCUT2D eigenvalue weighted by atomic mass is 10.0. The molecule has 1 N–H and O–H groups in total. The van der Waals surface area contributed by atoms with E-state index in [-0.39, 0.29) is 5.88 Å². The third-order valence-electron chi connectivity index (χ3n) is 3.81. The largest absolute Gasteiger partial charge is 0.493 e. The zero-order valence-electron chi connectivity index (χ0n) is 12.6. The average molecular weight is 282 g/mol. The van der Waals surface area contributed by atoms with Crippen LogP contribution in [0.1, 0.15) is 16.8 Å². The van der Waals surface area contributed by atoms with Gasteiger partial charge in [-0.2, -0.15) is 0 Å². The summed E-state index contributed by atoms with van der Waals surface area (Å²) in [5.41, 5.74) is 5.65. The van der Waals surface area contributed by atoms with Crippen LogP contribution < -0.4 is 5.62 Å². The molecule has 2 heterocycles. The van der Waals surface area contributed by atoms with Crippen LogP contribution >= 0.6 is 0 Å². The van der Waals surface area contributed by atoms with Gasteiger partial charge in [-0.1, -0.05) is 12.1 Å². The van der Waals surface area contributed by atoms with Gasteiger partial charge in [0.2, 0.25) is 11.5 Å². The molecule has 108 valence electrons. The van der Waals surface area contributed by atoms with Gasteiger partial charge in [0.15, 0.2) is 0 Å². The first-order chi connectivity index (χ1) is 10.0. The van der Waals surface area contributed by atoms with Crippen LogP contribution in [0.25, 0.3) is 11.6 Å². The Kier molecular flexibility index (Phi) is 3.05. The number of nitrogens with zero attached hydrogens (tertiary/aromatic N) is 4. The van der Waals surface area contributed by atoms with E-state index in [1.807, 2.05) is 23.9 Å². The molecule has 1 aliphatic heterocycles. The molecule has 5 nitrogen and oxygen atoms in total. The Morgan fingerprint density at radius 1 is 1.24 bits per heavy atom. The maximum Gasteiger partial charge on any atom is 0.218 e. The van der Waals surface area contributed by atoms with Gasteiger partial charge < -0.3 is 9.67 Å². The van der Waals surface area contributed by atoms with Crippen LogP contribution in [0.5, 0.6) is 5.88 Å². The van der Waals surface area contributed by atoms with Crippen LogP contribution in [-0.4, -0.2) is 27.5 Å². The Hall–Kier alpha value is -2.56. The van der Waals surface area contributed by atoms with Crippen LogP contribution in [0.3, 0.4) is 0 Å². The van der Waals surface area contributed by atoms with Gasteiger partial charge in [0.05, 0.1) is 5.69 Å². The number of fused-ring (bicyclic) bond motifs is 1. The summed E-state index contributed by atoms with van der Waals surface area (Å²) in [5.74, 6) is 0.194. The number of imidazole rings is 1. The number of aryl methyl sites for hydroxylation is 1. The highest BCUT2D eigenvalue weighted by molar-refractivity contribution is 6.21. The lowest BCUT2D eigenvalue weighted by Gasteiger charge is -2.02. The molecule has 2 aromatic rings. The minimum Gasteiger partial charge on any atom is -0.493 e. The van der Waals surface area contributed by atoms with E-state index in [4.69, 9.17) is 0 Å². The van der Waals surface area contributed by atoms with Crippen molar-refractivity contribution in [3.05, 3.63) is 40.6 Å². The SMILES string of the molecule is CN=c1n(C)c(O)c(/C=C2\C=Nc3cc(C)ccc32)n1C. The van der Waals surface area contributed by atoms with E-state index < -0.39 is 0 Å². The van der Waals surface area contributed by atoms with Crippen LogP contribution in [-0.2, 0) is 14.1 Å². The summed E-state index contributed by atoms with van der Waals surface area (Å²) in [5, 5.41) is 10.3. The number of benzene rings is 1. The van der Waals surface area contributed by atoms with E-state index in [9.17, 15) is 5.11 Å². The molecule has 1 aromatic carbocycles. The number of rotatable bonds is 1. The molecule has 0 aliphatic carbocycles. The predicted molar refractivity (Wildman–Crippen MR) is 84.7 cm³/mol. The van der Waals surface area contributed by atoms with Crippen molar-refractivity contribution in [2.45, 2.75) is 6.92 Å². The van der Waals surface area contributed by atoms with E-state index in [1.165, 1.54) is 5.56 Å². The van der Waals surface area contributed by atoms with Gasteiger partial charge in [0.25, 0.3) is 0 Å². The van der Waals surface area contributed by atoms with Gasteiger partial charge in [-0.05, 0) is 24.6 Å². The monoisotopic (exact) mass is 282 g/mol. The third-order valence-corrected chi connectivity index (χ3v) is 3.81. The molecule has 0 radical (unpaired) electrons. The molecule has 0 amide bonds. The quantitative estimate of drug-likeness (QED) is 0.856. The highest BCUT2D eigenvalue weighted by Crippen LogP contribution is 2.34. The van der Waals surface area contributed by atoms with Crippen LogP contribution in [0.4, 0.5) is 5.69 Å². The summed E-state index contributed by atoms with van der Waals surface area (Å²) >= 11 is 0. The number of aliphatic imine (C=N–C) groups is 1. The Morgan fingerprint density at radius 3 is 2.67 bits per heavy atom. The minimum absolute atomic E-state index is 0.194. The fourth-order valence-electron chi connectivity index (χ4n) is 2.67. The van der Waals surface area contributed by atoms with Gasteiger partial charge >= 0.3 is 0 Å². The second-order valence-corrected chi connectivity index (χ2v) is 5.23. The molecule has 0 spiro atoms. The lowest BCUT2D eigenvalue weighted by Crippen LogP contribution is -2.22. The molecule has 0 saturated heterocycles. The molecule has 3 rings (SSSR count).